The lowest BCUT2D eigenvalue weighted by Gasteiger charge is -2.28. The van der Waals surface area contributed by atoms with Gasteiger partial charge in [-0.25, -0.2) is 4.98 Å². The van der Waals surface area contributed by atoms with E-state index in [1.165, 1.54) is 4.40 Å². The molecule has 0 bridgehead atoms. The second kappa shape index (κ2) is 5.70. The van der Waals surface area contributed by atoms with Gasteiger partial charge in [-0.15, -0.1) is 0 Å². The van der Waals surface area contributed by atoms with E-state index in [-0.39, 0.29) is 18.0 Å². The van der Waals surface area contributed by atoms with Crippen molar-refractivity contribution >= 4 is 23.2 Å². The van der Waals surface area contributed by atoms with Crippen LogP contribution in [-0.4, -0.2) is 36.9 Å². The van der Waals surface area contributed by atoms with E-state index in [1.807, 2.05) is 6.92 Å². The molecule has 0 fully saturated rings. The van der Waals surface area contributed by atoms with E-state index >= 15 is 0 Å². The van der Waals surface area contributed by atoms with Crippen molar-refractivity contribution < 1.29 is 4.79 Å². The first-order valence-electron chi connectivity index (χ1n) is 7.96. The number of fused-ring (bicyclic) bond motifs is 2. The smallest absolute Gasteiger partial charge is 0.263 e. The Bertz CT molecular complexity index is 1050. The Morgan fingerprint density at radius 1 is 1.32 bits per heavy atom. The zero-order valence-electron chi connectivity index (χ0n) is 13.8. The first kappa shape index (κ1) is 15.8. The predicted octanol–water partition coefficient (Wildman–Crippen LogP) is 1.89. The van der Waals surface area contributed by atoms with Crippen LogP contribution in [0.4, 0.5) is 0 Å². The van der Waals surface area contributed by atoms with Crippen molar-refractivity contribution in [3.8, 4) is 0 Å². The normalized spacial score (nSPS) is 14.0. The molecule has 3 aromatic heterocycles. The average molecular weight is 358 g/mol. The van der Waals surface area contributed by atoms with Crippen LogP contribution in [-0.2, 0) is 13.0 Å². The van der Waals surface area contributed by atoms with Crippen LogP contribution >= 0.6 is 11.6 Å². The molecule has 0 saturated heterocycles. The highest BCUT2D eigenvalue weighted by molar-refractivity contribution is 6.30. The number of nitrogens with zero attached hydrogens (tertiary/aromatic N) is 4. The van der Waals surface area contributed by atoms with Gasteiger partial charge in [0.2, 0.25) is 0 Å². The largest absolute Gasteiger partial charge is 0.334 e. The number of carbonyl (C=O) groups is 1. The Hall–Kier alpha value is -2.67. The molecular weight excluding hydrogens is 342 g/mol. The summed E-state index contributed by atoms with van der Waals surface area (Å²) in [6.07, 6.45) is 2.10. The van der Waals surface area contributed by atoms with E-state index in [9.17, 15) is 9.59 Å². The topological polar surface area (TPSA) is 83.4 Å². The predicted molar refractivity (Wildman–Crippen MR) is 93.0 cm³/mol. The fraction of sp³-hybridized carbons (Fsp3) is 0.294. The Morgan fingerprint density at radius 3 is 2.84 bits per heavy atom. The maximum absolute atomic E-state index is 12.9. The average Bonchev–Trinajstić information content (AvgIpc) is 2.93. The molecule has 4 rings (SSSR count). The van der Waals surface area contributed by atoms with E-state index in [0.717, 1.165) is 11.4 Å². The van der Waals surface area contributed by atoms with Gasteiger partial charge in [-0.3, -0.25) is 19.1 Å². The van der Waals surface area contributed by atoms with Crippen LogP contribution in [0.2, 0.25) is 5.02 Å². The molecule has 0 saturated carbocycles. The lowest BCUT2D eigenvalue weighted by Crippen LogP contribution is -2.40. The summed E-state index contributed by atoms with van der Waals surface area (Å²) in [7, 11) is 0. The highest BCUT2D eigenvalue weighted by atomic mass is 35.5. The van der Waals surface area contributed by atoms with Crippen LogP contribution in [0.15, 0.2) is 23.1 Å². The standard InChI is InChI=1S/C17H16ClN5O2/c1-9-15(10(2)21-20-9)17(25)22-6-5-13-12(8-22)16(24)23-7-11(18)3-4-14(23)19-13/h3-4,7H,5-6,8H2,1-2H3,(H,20,21). The van der Waals surface area contributed by atoms with Crippen molar-refractivity contribution in [1.29, 1.82) is 0 Å². The second-order valence-corrected chi connectivity index (χ2v) is 6.64. The van der Waals surface area contributed by atoms with Crippen LogP contribution < -0.4 is 5.56 Å². The molecule has 1 N–H and O–H groups in total. The van der Waals surface area contributed by atoms with Gasteiger partial charge >= 0.3 is 0 Å². The van der Waals surface area contributed by atoms with Crippen molar-refractivity contribution in [3.05, 3.63) is 61.9 Å². The molecule has 0 radical (unpaired) electrons. The minimum Gasteiger partial charge on any atom is -0.334 e. The molecule has 128 valence electrons. The zero-order chi connectivity index (χ0) is 17.7. The Balaban J connectivity index is 1.76. The highest BCUT2D eigenvalue weighted by Gasteiger charge is 2.28. The number of rotatable bonds is 1. The third-order valence-electron chi connectivity index (χ3n) is 4.56. The number of amides is 1. The molecule has 0 spiro atoms. The van der Waals surface area contributed by atoms with Gasteiger partial charge in [0, 0.05) is 24.9 Å². The lowest BCUT2D eigenvalue weighted by molar-refractivity contribution is 0.0731. The van der Waals surface area contributed by atoms with Gasteiger partial charge in [0.1, 0.15) is 5.65 Å². The number of nitrogens with one attached hydrogen (secondary N) is 1. The van der Waals surface area contributed by atoms with Crippen molar-refractivity contribution in [2.45, 2.75) is 26.8 Å². The van der Waals surface area contributed by atoms with Crippen LogP contribution in [0.3, 0.4) is 0 Å². The molecule has 0 aliphatic carbocycles. The summed E-state index contributed by atoms with van der Waals surface area (Å²) >= 11 is 5.99. The monoisotopic (exact) mass is 357 g/mol. The van der Waals surface area contributed by atoms with Crippen LogP contribution in [0.1, 0.15) is 33.0 Å². The number of hydrogen-bond acceptors (Lipinski definition) is 4. The molecule has 0 atom stereocenters. The number of aromatic nitrogens is 4. The number of halogens is 1. The molecule has 25 heavy (non-hydrogen) atoms. The first-order valence-corrected chi connectivity index (χ1v) is 8.34. The van der Waals surface area contributed by atoms with E-state index < -0.39 is 0 Å². The van der Waals surface area contributed by atoms with Gasteiger partial charge in [0.15, 0.2) is 0 Å². The molecule has 7 nitrogen and oxygen atoms in total. The van der Waals surface area contributed by atoms with E-state index in [4.69, 9.17) is 11.6 Å². The number of aryl methyl sites for hydroxylation is 2. The van der Waals surface area contributed by atoms with Gasteiger partial charge < -0.3 is 4.90 Å². The molecular formula is C17H16ClN5O2. The number of H-pyrrole nitrogens is 1. The van der Waals surface area contributed by atoms with Gasteiger partial charge in [0.25, 0.3) is 11.5 Å². The van der Waals surface area contributed by atoms with Crippen molar-refractivity contribution in [2.75, 3.05) is 6.54 Å². The number of hydrogen-bond donors (Lipinski definition) is 1. The fourth-order valence-electron chi connectivity index (χ4n) is 3.27. The van der Waals surface area contributed by atoms with Crippen LogP contribution in [0, 0.1) is 13.8 Å². The van der Waals surface area contributed by atoms with Gasteiger partial charge in [-0.05, 0) is 26.0 Å². The lowest BCUT2D eigenvalue weighted by atomic mass is 10.0. The van der Waals surface area contributed by atoms with E-state index in [1.54, 1.807) is 30.2 Å². The van der Waals surface area contributed by atoms with Gasteiger partial charge in [-0.1, -0.05) is 11.6 Å². The molecule has 4 heterocycles. The SMILES string of the molecule is Cc1n[nH]c(C)c1C(=O)N1CCc2nc3ccc(Cl)cn3c(=O)c2C1. The highest BCUT2D eigenvalue weighted by Crippen LogP contribution is 2.20. The summed E-state index contributed by atoms with van der Waals surface area (Å²) in [6.45, 7) is 4.36. The number of aromatic amines is 1. The second-order valence-electron chi connectivity index (χ2n) is 6.20. The molecule has 3 aromatic rings. The maximum Gasteiger partial charge on any atom is 0.263 e. The van der Waals surface area contributed by atoms with Crippen LogP contribution in [0.25, 0.3) is 5.65 Å². The zero-order valence-corrected chi connectivity index (χ0v) is 14.6. The molecule has 1 amide bonds. The minimum atomic E-state index is -0.180. The van der Waals surface area contributed by atoms with E-state index in [2.05, 4.69) is 15.2 Å². The summed E-state index contributed by atoms with van der Waals surface area (Å²) in [5.41, 5.74) is 3.63. The first-order chi connectivity index (χ1) is 12.0. The fourth-order valence-corrected chi connectivity index (χ4v) is 3.43. The summed E-state index contributed by atoms with van der Waals surface area (Å²) in [4.78, 5) is 31.9. The molecule has 0 aromatic carbocycles. The van der Waals surface area contributed by atoms with E-state index in [0.29, 0.717) is 40.5 Å². The Morgan fingerprint density at radius 2 is 2.12 bits per heavy atom. The third kappa shape index (κ3) is 2.51. The number of pyridine rings is 1. The molecule has 0 unspecified atom stereocenters. The van der Waals surface area contributed by atoms with Crippen LogP contribution in [0.5, 0.6) is 0 Å². The molecule has 1 aliphatic heterocycles. The summed E-state index contributed by atoms with van der Waals surface area (Å²) < 4.78 is 1.43. The summed E-state index contributed by atoms with van der Waals surface area (Å²) in [5, 5.41) is 7.37. The molecule has 8 heteroatoms. The van der Waals surface area contributed by atoms with Crippen molar-refractivity contribution in [3.63, 3.8) is 0 Å². The maximum atomic E-state index is 12.9. The van der Waals surface area contributed by atoms with Gasteiger partial charge in [0.05, 0.1) is 34.1 Å². The van der Waals surface area contributed by atoms with Crippen molar-refractivity contribution in [2.24, 2.45) is 0 Å². The molecule has 1 aliphatic rings. The Kier molecular flexibility index (Phi) is 3.61. The van der Waals surface area contributed by atoms with Gasteiger partial charge in [-0.2, -0.15) is 5.10 Å². The Labute approximate surface area is 148 Å². The minimum absolute atomic E-state index is 0.120. The number of carbonyl (C=O) groups excluding carboxylic acids is 1. The summed E-state index contributed by atoms with van der Waals surface area (Å²) in [6, 6.07) is 3.43. The summed E-state index contributed by atoms with van der Waals surface area (Å²) in [5.74, 6) is -0.120. The van der Waals surface area contributed by atoms with Crippen molar-refractivity contribution in [1.82, 2.24) is 24.5 Å². The third-order valence-corrected chi connectivity index (χ3v) is 4.79. The quantitative estimate of drug-likeness (QED) is 0.720.